The molecule has 2 aromatic rings. The van der Waals surface area contributed by atoms with Gasteiger partial charge in [-0.15, -0.1) is 0 Å². The Hall–Kier alpha value is -1.13. The van der Waals surface area contributed by atoms with E-state index in [0.29, 0.717) is 0 Å². The van der Waals surface area contributed by atoms with E-state index in [9.17, 15) is 13.2 Å². The van der Waals surface area contributed by atoms with Crippen molar-refractivity contribution in [1.82, 2.24) is 0 Å². The molecule has 0 amide bonds. The van der Waals surface area contributed by atoms with Crippen molar-refractivity contribution >= 4 is 32.7 Å². The molecule has 0 saturated heterocycles. The van der Waals surface area contributed by atoms with Crippen molar-refractivity contribution in [3.05, 3.63) is 57.7 Å². The number of unbranched alkanes of at least 4 members (excludes halogenated alkanes) is 9. The fourth-order valence-electron chi connectivity index (χ4n) is 3.48. The fraction of sp³-hybridized carbons (Fsp3) is 0.520. The number of halogens is 4. The zero-order valence-corrected chi connectivity index (χ0v) is 22.1. The van der Waals surface area contributed by atoms with E-state index in [1.54, 1.807) is 0 Å². The Balaban J connectivity index is 0.000000582. The van der Waals surface area contributed by atoms with Gasteiger partial charge in [0.05, 0.1) is 0 Å². The summed E-state index contributed by atoms with van der Waals surface area (Å²) in [6, 6.07) is 17.7. The van der Waals surface area contributed by atoms with Crippen LogP contribution in [0.5, 0.6) is 0 Å². The van der Waals surface area contributed by atoms with Crippen LogP contribution in [-0.4, -0.2) is 18.5 Å². The lowest BCUT2D eigenvalue weighted by Gasteiger charge is -2.11. The van der Waals surface area contributed by atoms with Crippen LogP contribution in [0.25, 0.3) is 11.1 Å². The number of alkyl halides is 3. The second kappa shape index (κ2) is 15.7. The van der Waals surface area contributed by atoms with E-state index >= 15 is 0 Å². The second-order valence-electron chi connectivity index (χ2n) is 7.99. The lowest BCUT2D eigenvalue weighted by Crippen LogP contribution is -2.21. The van der Waals surface area contributed by atoms with Gasteiger partial charge < -0.3 is 0 Å². The predicted octanol–water partition coefficient (Wildman–Crippen LogP) is 8.82. The molecule has 0 atom stereocenters. The van der Waals surface area contributed by atoms with Gasteiger partial charge in [-0.3, -0.25) is 4.55 Å². The SMILES string of the molecule is CCCCCCCCCCCCc1ccccc1-c1ccccc1I.O=S(=O)(O)C(F)(F)F. The minimum atomic E-state index is -5.84. The monoisotopic (exact) mass is 598 g/mol. The molecule has 0 bridgehead atoms. The van der Waals surface area contributed by atoms with E-state index in [-0.39, 0.29) is 0 Å². The van der Waals surface area contributed by atoms with Gasteiger partial charge >= 0.3 is 15.6 Å². The minimum absolute atomic E-state index is 1.21. The Morgan fingerprint density at radius 3 is 1.67 bits per heavy atom. The maximum atomic E-state index is 10.7. The number of benzene rings is 2. The van der Waals surface area contributed by atoms with E-state index in [1.165, 1.54) is 90.9 Å². The third-order valence-corrected chi connectivity index (χ3v) is 6.80. The number of hydrogen-bond donors (Lipinski definition) is 1. The van der Waals surface area contributed by atoms with Crippen molar-refractivity contribution in [3.63, 3.8) is 0 Å². The normalized spacial score (nSPS) is 11.7. The Labute approximate surface area is 210 Å². The molecule has 0 saturated carbocycles. The summed E-state index contributed by atoms with van der Waals surface area (Å²) < 4.78 is 58.9. The maximum Gasteiger partial charge on any atom is 0.522 e. The van der Waals surface area contributed by atoms with E-state index in [2.05, 4.69) is 78.0 Å². The quantitative estimate of drug-likeness (QED) is 0.115. The van der Waals surface area contributed by atoms with Gasteiger partial charge in [-0.2, -0.15) is 21.6 Å². The third-order valence-electron chi connectivity index (χ3n) is 5.27. The third kappa shape index (κ3) is 12.2. The summed E-state index contributed by atoms with van der Waals surface area (Å²) in [5.74, 6) is 0. The molecule has 0 aliphatic heterocycles. The molecule has 0 aromatic heterocycles. The highest BCUT2D eigenvalue weighted by molar-refractivity contribution is 14.1. The molecular formula is C25H34F3IO3S. The number of aryl methyl sites for hydroxylation is 1. The first-order valence-electron chi connectivity index (χ1n) is 11.4. The van der Waals surface area contributed by atoms with Crippen LogP contribution in [0.2, 0.25) is 0 Å². The van der Waals surface area contributed by atoms with Gasteiger partial charge in [-0.25, -0.2) is 0 Å². The standard InChI is InChI=1S/C24H33I.CHF3O3S/c1-2-3-4-5-6-7-8-9-10-11-16-21-17-12-13-18-22(21)23-19-14-15-20-24(23)25;2-1(3,4)8(5,6)7/h12-15,17-20H,2-11,16H2,1H3;(H,5,6,7). The number of hydrogen-bond acceptors (Lipinski definition) is 2. The molecule has 1 N–H and O–H groups in total. The fourth-order valence-corrected chi connectivity index (χ4v) is 4.16. The molecule has 0 aliphatic carbocycles. The van der Waals surface area contributed by atoms with Crippen LogP contribution >= 0.6 is 22.6 Å². The summed E-state index contributed by atoms with van der Waals surface area (Å²) in [6.07, 6.45) is 15.2. The van der Waals surface area contributed by atoms with Crippen LogP contribution in [0.3, 0.4) is 0 Å². The smallest absolute Gasteiger partial charge is 0.279 e. The van der Waals surface area contributed by atoms with E-state index in [1.807, 2.05) is 0 Å². The second-order valence-corrected chi connectivity index (χ2v) is 10.6. The molecule has 2 rings (SSSR count). The average molecular weight is 599 g/mol. The van der Waals surface area contributed by atoms with Gasteiger partial charge in [-0.1, -0.05) is 107 Å². The Bertz CT molecular complexity index is 915. The topological polar surface area (TPSA) is 54.4 Å². The van der Waals surface area contributed by atoms with Crippen LogP contribution < -0.4 is 0 Å². The van der Waals surface area contributed by atoms with Crippen LogP contribution in [0.1, 0.15) is 76.7 Å². The summed E-state index contributed by atoms with van der Waals surface area (Å²) in [6.45, 7) is 2.29. The van der Waals surface area contributed by atoms with Crippen LogP contribution in [0.4, 0.5) is 13.2 Å². The van der Waals surface area contributed by atoms with Crippen LogP contribution in [0.15, 0.2) is 48.5 Å². The molecule has 0 fully saturated rings. The lowest BCUT2D eigenvalue weighted by molar-refractivity contribution is -0.0510. The summed E-state index contributed by atoms with van der Waals surface area (Å²) in [4.78, 5) is 0. The zero-order chi connectivity index (χ0) is 24.7. The zero-order valence-electron chi connectivity index (χ0n) is 19.1. The van der Waals surface area contributed by atoms with Gasteiger partial charge in [0.15, 0.2) is 0 Å². The van der Waals surface area contributed by atoms with Crippen molar-refractivity contribution in [1.29, 1.82) is 0 Å². The first-order chi connectivity index (χ1) is 15.6. The van der Waals surface area contributed by atoms with Crippen molar-refractivity contribution in [2.24, 2.45) is 0 Å². The molecular weight excluding hydrogens is 564 g/mol. The Kier molecular flexibility index (Phi) is 14.2. The van der Waals surface area contributed by atoms with Gasteiger partial charge in [0.2, 0.25) is 0 Å². The largest absolute Gasteiger partial charge is 0.522 e. The van der Waals surface area contributed by atoms with Crippen molar-refractivity contribution in [2.75, 3.05) is 0 Å². The van der Waals surface area contributed by atoms with Crippen molar-refractivity contribution < 1.29 is 26.1 Å². The predicted molar refractivity (Wildman–Crippen MR) is 138 cm³/mol. The Morgan fingerprint density at radius 1 is 0.758 bits per heavy atom. The molecule has 2 aromatic carbocycles. The molecule has 0 unspecified atom stereocenters. The highest BCUT2D eigenvalue weighted by Crippen LogP contribution is 2.29. The average Bonchev–Trinajstić information content (AvgIpc) is 2.75. The molecule has 0 spiro atoms. The lowest BCUT2D eigenvalue weighted by atomic mass is 9.95. The van der Waals surface area contributed by atoms with E-state index in [0.717, 1.165) is 0 Å². The molecule has 3 nitrogen and oxygen atoms in total. The van der Waals surface area contributed by atoms with Crippen LogP contribution in [0, 0.1) is 3.57 Å². The minimum Gasteiger partial charge on any atom is -0.279 e. The molecule has 0 radical (unpaired) electrons. The Morgan fingerprint density at radius 2 is 1.18 bits per heavy atom. The maximum absolute atomic E-state index is 10.7. The molecule has 33 heavy (non-hydrogen) atoms. The van der Waals surface area contributed by atoms with Gasteiger partial charge in [0.25, 0.3) is 0 Å². The van der Waals surface area contributed by atoms with E-state index < -0.39 is 15.6 Å². The van der Waals surface area contributed by atoms with E-state index in [4.69, 9.17) is 13.0 Å². The van der Waals surface area contributed by atoms with Gasteiger partial charge in [0, 0.05) is 3.57 Å². The molecule has 186 valence electrons. The highest BCUT2D eigenvalue weighted by atomic mass is 127. The molecule has 0 heterocycles. The molecule has 8 heteroatoms. The summed E-state index contributed by atoms with van der Waals surface area (Å²) in [5.41, 5.74) is -1.23. The first kappa shape index (κ1) is 29.9. The van der Waals surface area contributed by atoms with Gasteiger partial charge in [0.1, 0.15) is 0 Å². The van der Waals surface area contributed by atoms with Crippen molar-refractivity contribution in [2.45, 2.75) is 83.1 Å². The van der Waals surface area contributed by atoms with Crippen molar-refractivity contribution in [3.8, 4) is 11.1 Å². The highest BCUT2D eigenvalue weighted by Gasteiger charge is 2.44. The molecule has 0 aliphatic rings. The summed E-state index contributed by atoms with van der Waals surface area (Å²) in [7, 11) is -5.84. The first-order valence-corrected chi connectivity index (χ1v) is 14.0. The number of rotatable bonds is 12. The van der Waals surface area contributed by atoms with Gasteiger partial charge in [-0.05, 0) is 58.2 Å². The summed E-state index contributed by atoms with van der Waals surface area (Å²) in [5, 5.41) is 0. The summed E-state index contributed by atoms with van der Waals surface area (Å²) >= 11 is 2.45. The van der Waals surface area contributed by atoms with Crippen LogP contribution in [-0.2, 0) is 16.5 Å².